The lowest BCUT2D eigenvalue weighted by molar-refractivity contribution is -0.143. The Balaban J connectivity index is 2.10. The Kier molecular flexibility index (Phi) is 4.91. The Morgan fingerprint density at radius 2 is 2.10 bits per heavy atom. The number of piperidine rings is 1. The molecular weight excluding hydrogens is 266 g/mol. The first kappa shape index (κ1) is 16.3. The molecule has 2 fully saturated rings. The van der Waals surface area contributed by atoms with Gasteiger partial charge in [-0.15, -0.1) is 0 Å². The van der Waals surface area contributed by atoms with Gasteiger partial charge in [0.15, 0.2) is 0 Å². The zero-order valence-corrected chi connectivity index (χ0v) is 13.6. The first-order valence-corrected chi connectivity index (χ1v) is 8.20. The lowest BCUT2D eigenvalue weighted by Gasteiger charge is -2.39. The predicted octanol–water partition coefficient (Wildman–Crippen LogP) is 1.14. The molecule has 0 aromatic carbocycles. The number of rotatable bonds is 4. The molecule has 2 unspecified atom stereocenters. The van der Waals surface area contributed by atoms with Crippen molar-refractivity contribution in [1.82, 2.24) is 15.5 Å². The maximum atomic E-state index is 13.1. The first-order chi connectivity index (χ1) is 9.97. The van der Waals surface area contributed by atoms with E-state index in [0.717, 1.165) is 45.2 Å². The van der Waals surface area contributed by atoms with Gasteiger partial charge in [0.1, 0.15) is 0 Å². The number of amides is 2. The van der Waals surface area contributed by atoms with Crippen LogP contribution in [-0.2, 0) is 9.59 Å². The highest BCUT2D eigenvalue weighted by molar-refractivity contribution is 5.87. The van der Waals surface area contributed by atoms with Crippen LogP contribution in [0.5, 0.6) is 0 Å². The van der Waals surface area contributed by atoms with Crippen LogP contribution in [0.2, 0.25) is 0 Å². The fourth-order valence-electron chi connectivity index (χ4n) is 3.91. The molecule has 0 radical (unpaired) electrons. The summed E-state index contributed by atoms with van der Waals surface area (Å²) >= 11 is 0. The van der Waals surface area contributed by atoms with Gasteiger partial charge in [-0.2, -0.15) is 0 Å². The van der Waals surface area contributed by atoms with Crippen LogP contribution in [0.1, 0.15) is 46.0 Å². The van der Waals surface area contributed by atoms with E-state index in [0.29, 0.717) is 13.1 Å². The van der Waals surface area contributed by atoms with Crippen LogP contribution < -0.4 is 10.6 Å². The third-order valence-corrected chi connectivity index (χ3v) is 5.19. The van der Waals surface area contributed by atoms with Crippen molar-refractivity contribution in [3.8, 4) is 0 Å². The van der Waals surface area contributed by atoms with E-state index < -0.39 is 5.41 Å². The SMILES string of the molecule is CCCC1(C(=O)N2CCC(C)(C(=O)NC)C2)CCCNC1. The molecule has 5 nitrogen and oxygen atoms in total. The molecule has 0 aromatic rings. The molecule has 2 N–H and O–H groups in total. The zero-order valence-electron chi connectivity index (χ0n) is 13.6. The molecule has 21 heavy (non-hydrogen) atoms. The van der Waals surface area contributed by atoms with Gasteiger partial charge >= 0.3 is 0 Å². The van der Waals surface area contributed by atoms with Gasteiger partial charge in [0.2, 0.25) is 11.8 Å². The number of likely N-dealkylation sites (tertiary alicyclic amines) is 1. The van der Waals surface area contributed by atoms with Crippen LogP contribution in [-0.4, -0.2) is 49.9 Å². The summed E-state index contributed by atoms with van der Waals surface area (Å²) in [6.45, 7) is 7.15. The molecule has 0 bridgehead atoms. The van der Waals surface area contributed by atoms with Gasteiger partial charge < -0.3 is 15.5 Å². The van der Waals surface area contributed by atoms with E-state index in [-0.39, 0.29) is 17.2 Å². The van der Waals surface area contributed by atoms with Crippen molar-refractivity contribution in [2.24, 2.45) is 10.8 Å². The maximum Gasteiger partial charge on any atom is 0.230 e. The van der Waals surface area contributed by atoms with E-state index in [4.69, 9.17) is 0 Å². The van der Waals surface area contributed by atoms with E-state index in [1.165, 1.54) is 0 Å². The van der Waals surface area contributed by atoms with Crippen molar-refractivity contribution in [3.63, 3.8) is 0 Å². The topological polar surface area (TPSA) is 61.4 Å². The fourth-order valence-corrected chi connectivity index (χ4v) is 3.91. The highest BCUT2D eigenvalue weighted by atomic mass is 16.2. The van der Waals surface area contributed by atoms with Crippen molar-refractivity contribution < 1.29 is 9.59 Å². The van der Waals surface area contributed by atoms with Gasteiger partial charge in [0, 0.05) is 26.7 Å². The summed E-state index contributed by atoms with van der Waals surface area (Å²) in [5, 5.41) is 6.12. The van der Waals surface area contributed by atoms with E-state index in [9.17, 15) is 9.59 Å². The Morgan fingerprint density at radius 1 is 1.33 bits per heavy atom. The molecule has 2 aliphatic rings. The minimum atomic E-state index is -0.431. The Bertz CT molecular complexity index is 399. The third-order valence-electron chi connectivity index (χ3n) is 5.19. The highest BCUT2D eigenvalue weighted by Gasteiger charge is 2.47. The van der Waals surface area contributed by atoms with Gasteiger partial charge in [0.05, 0.1) is 10.8 Å². The number of carbonyl (C=O) groups excluding carboxylic acids is 2. The molecule has 0 aromatic heterocycles. The van der Waals surface area contributed by atoms with Gasteiger partial charge in [-0.05, 0) is 39.2 Å². The normalized spacial score (nSPS) is 33.0. The summed E-state index contributed by atoms with van der Waals surface area (Å²) in [4.78, 5) is 27.0. The molecule has 2 amide bonds. The average Bonchev–Trinajstić information content (AvgIpc) is 2.90. The Morgan fingerprint density at radius 3 is 2.67 bits per heavy atom. The van der Waals surface area contributed by atoms with Crippen LogP contribution >= 0.6 is 0 Å². The quantitative estimate of drug-likeness (QED) is 0.817. The van der Waals surface area contributed by atoms with Crippen LogP contribution in [0, 0.1) is 10.8 Å². The third kappa shape index (κ3) is 3.07. The van der Waals surface area contributed by atoms with Crippen molar-refractivity contribution in [1.29, 1.82) is 0 Å². The number of hydrogen-bond donors (Lipinski definition) is 2. The summed E-state index contributed by atoms with van der Waals surface area (Å²) in [5.74, 6) is 0.299. The van der Waals surface area contributed by atoms with Crippen LogP contribution in [0.3, 0.4) is 0 Å². The van der Waals surface area contributed by atoms with E-state index in [1.54, 1.807) is 7.05 Å². The molecule has 2 rings (SSSR count). The summed E-state index contributed by atoms with van der Waals surface area (Å²) in [5.41, 5.74) is -0.680. The molecule has 2 aliphatic heterocycles. The molecule has 0 saturated carbocycles. The molecule has 120 valence electrons. The highest BCUT2D eigenvalue weighted by Crippen LogP contribution is 2.38. The molecule has 2 atom stereocenters. The average molecular weight is 295 g/mol. The summed E-state index contributed by atoms with van der Waals surface area (Å²) < 4.78 is 0. The molecule has 0 spiro atoms. The number of nitrogens with zero attached hydrogens (tertiary/aromatic N) is 1. The van der Waals surface area contributed by atoms with Crippen LogP contribution in [0.4, 0.5) is 0 Å². The molecule has 0 aliphatic carbocycles. The Hall–Kier alpha value is -1.10. The van der Waals surface area contributed by atoms with Gasteiger partial charge in [-0.1, -0.05) is 13.3 Å². The van der Waals surface area contributed by atoms with Crippen LogP contribution in [0.25, 0.3) is 0 Å². The second-order valence-corrected chi connectivity index (χ2v) is 6.93. The molecule has 5 heteroatoms. The summed E-state index contributed by atoms with van der Waals surface area (Å²) in [6.07, 6.45) is 4.75. The summed E-state index contributed by atoms with van der Waals surface area (Å²) in [6, 6.07) is 0. The largest absolute Gasteiger partial charge is 0.359 e. The fraction of sp³-hybridized carbons (Fsp3) is 0.875. The zero-order chi connectivity index (χ0) is 15.5. The van der Waals surface area contributed by atoms with Crippen molar-refractivity contribution >= 4 is 11.8 Å². The first-order valence-electron chi connectivity index (χ1n) is 8.20. The number of nitrogens with one attached hydrogen (secondary N) is 2. The van der Waals surface area contributed by atoms with E-state index >= 15 is 0 Å². The van der Waals surface area contributed by atoms with Gasteiger partial charge in [-0.25, -0.2) is 0 Å². The minimum absolute atomic E-state index is 0.0455. The van der Waals surface area contributed by atoms with Crippen molar-refractivity contribution in [3.05, 3.63) is 0 Å². The molecule has 2 saturated heterocycles. The van der Waals surface area contributed by atoms with Crippen molar-refractivity contribution in [2.45, 2.75) is 46.0 Å². The maximum absolute atomic E-state index is 13.1. The van der Waals surface area contributed by atoms with Crippen molar-refractivity contribution in [2.75, 3.05) is 33.2 Å². The predicted molar refractivity (Wildman–Crippen MR) is 82.8 cm³/mol. The second kappa shape index (κ2) is 6.34. The smallest absolute Gasteiger partial charge is 0.230 e. The van der Waals surface area contributed by atoms with Gasteiger partial charge in [0.25, 0.3) is 0 Å². The van der Waals surface area contributed by atoms with Gasteiger partial charge in [-0.3, -0.25) is 9.59 Å². The monoisotopic (exact) mass is 295 g/mol. The molecule has 2 heterocycles. The van der Waals surface area contributed by atoms with E-state index in [1.807, 2.05) is 11.8 Å². The standard InChI is InChI=1S/C16H29N3O2/c1-4-6-16(7-5-9-18-11-16)14(21)19-10-8-15(2,12-19)13(20)17-3/h18H,4-12H2,1-3H3,(H,17,20). The molecular formula is C16H29N3O2. The minimum Gasteiger partial charge on any atom is -0.359 e. The Labute approximate surface area is 127 Å². The van der Waals surface area contributed by atoms with Crippen LogP contribution in [0.15, 0.2) is 0 Å². The summed E-state index contributed by atoms with van der Waals surface area (Å²) in [7, 11) is 1.67. The number of carbonyl (C=O) groups is 2. The lowest BCUT2D eigenvalue weighted by atomic mass is 9.75. The van der Waals surface area contributed by atoms with E-state index in [2.05, 4.69) is 17.6 Å². The number of hydrogen-bond acceptors (Lipinski definition) is 3. The second-order valence-electron chi connectivity index (χ2n) is 6.93. The lowest BCUT2D eigenvalue weighted by Crippen LogP contribution is -2.52.